The minimum atomic E-state index is -0.173. The van der Waals surface area contributed by atoms with Crippen LogP contribution < -0.4 is 15.4 Å². The van der Waals surface area contributed by atoms with Gasteiger partial charge in [-0.1, -0.05) is 36.2 Å². The van der Waals surface area contributed by atoms with E-state index >= 15 is 0 Å². The third-order valence-corrected chi connectivity index (χ3v) is 6.37. The number of hydrogen-bond acceptors (Lipinski definition) is 3. The zero-order chi connectivity index (χ0) is 21.8. The lowest BCUT2D eigenvalue weighted by atomic mass is 9.59. The highest BCUT2D eigenvalue weighted by atomic mass is 35.5. The number of rotatable bonds is 7. The highest BCUT2D eigenvalue weighted by Crippen LogP contribution is 2.48. The molecule has 0 aromatic heterocycles. The monoisotopic (exact) mass is 439 g/mol. The van der Waals surface area contributed by atoms with Gasteiger partial charge in [-0.05, 0) is 68.5 Å². The Morgan fingerprint density at radius 2 is 1.97 bits per heavy atom. The maximum atomic E-state index is 11.7. The van der Waals surface area contributed by atoms with Gasteiger partial charge in [0.2, 0.25) is 0 Å². The van der Waals surface area contributed by atoms with E-state index < -0.39 is 0 Å². The zero-order valence-electron chi connectivity index (χ0n) is 18.2. The number of ether oxygens (including phenoxy) is 1. The van der Waals surface area contributed by atoms with Gasteiger partial charge in [0, 0.05) is 28.6 Å². The van der Waals surface area contributed by atoms with Gasteiger partial charge in [0.1, 0.15) is 12.4 Å². The summed E-state index contributed by atoms with van der Waals surface area (Å²) in [6, 6.07) is 14.5. The Morgan fingerprint density at radius 3 is 2.65 bits per heavy atom. The number of carbonyl (C=O) groups is 1. The molecule has 1 heterocycles. The first-order valence-corrected chi connectivity index (χ1v) is 11.5. The molecule has 0 unspecified atom stereocenters. The van der Waals surface area contributed by atoms with Crippen molar-refractivity contribution in [2.75, 3.05) is 19.7 Å². The van der Waals surface area contributed by atoms with Crippen molar-refractivity contribution in [1.29, 1.82) is 0 Å². The van der Waals surface area contributed by atoms with Gasteiger partial charge in [0.05, 0.1) is 12.3 Å². The number of benzene rings is 2. The van der Waals surface area contributed by atoms with Crippen molar-refractivity contribution in [1.82, 2.24) is 10.6 Å². The van der Waals surface area contributed by atoms with Crippen LogP contribution in [0.4, 0.5) is 4.79 Å². The van der Waals surface area contributed by atoms with Crippen molar-refractivity contribution in [3.05, 3.63) is 64.2 Å². The molecule has 0 atom stereocenters. The third-order valence-electron chi connectivity index (χ3n) is 6.12. The molecule has 2 amide bonds. The van der Waals surface area contributed by atoms with Gasteiger partial charge in [-0.3, -0.25) is 4.99 Å². The lowest BCUT2D eigenvalue weighted by molar-refractivity contribution is 0.234. The van der Waals surface area contributed by atoms with Gasteiger partial charge in [-0.25, -0.2) is 4.79 Å². The molecule has 2 aliphatic rings. The number of hydrogen-bond donors (Lipinski definition) is 2. The molecule has 31 heavy (non-hydrogen) atoms. The van der Waals surface area contributed by atoms with E-state index in [9.17, 15) is 4.79 Å². The summed E-state index contributed by atoms with van der Waals surface area (Å²) >= 11 is 6.14. The lowest BCUT2D eigenvalue weighted by Gasteiger charge is -2.45. The van der Waals surface area contributed by atoms with Crippen molar-refractivity contribution >= 4 is 23.3 Å². The van der Waals surface area contributed by atoms with E-state index in [1.54, 1.807) is 0 Å². The van der Waals surface area contributed by atoms with E-state index in [4.69, 9.17) is 21.3 Å². The number of urea groups is 1. The smallest absolute Gasteiger partial charge is 0.315 e. The third kappa shape index (κ3) is 4.72. The van der Waals surface area contributed by atoms with Gasteiger partial charge < -0.3 is 15.4 Å². The Morgan fingerprint density at radius 1 is 1.19 bits per heavy atom. The second-order valence-electron chi connectivity index (χ2n) is 8.65. The summed E-state index contributed by atoms with van der Waals surface area (Å²) in [4.78, 5) is 16.7. The van der Waals surface area contributed by atoms with Crippen LogP contribution in [0.15, 0.2) is 47.5 Å². The summed E-state index contributed by atoms with van der Waals surface area (Å²) in [7, 11) is 0. The molecular weight excluding hydrogens is 410 g/mol. The first-order chi connectivity index (χ1) is 15.0. The molecule has 2 aromatic carbocycles. The molecular formula is C25H30ClN3O2. The molecule has 5 nitrogen and oxygen atoms in total. The van der Waals surface area contributed by atoms with E-state index in [-0.39, 0.29) is 17.5 Å². The summed E-state index contributed by atoms with van der Waals surface area (Å²) in [5.41, 5.74) is 4.97. The minimum Gasteiger partial charge on any atom is -0.492 e. The highest BCUT2D eigenvalue weighted by Gasteiger charge is 2.45. The fourth-order valence-corrected chi connectivity index (χ4v) is 4.60. The lowest BCUT2D eigenvalue weighted by Crippen LogP contribution is -2.44. The molecule has 2 aromatic rings. The first kappa shape index (κ1) is 21.7. The Kier molecular flexibility index (Phi) is 6.51. The van der Waals surface area contributed by atoms with Crippen LogP contribution in [0.25, 0.3) is 0 Å². The van der Waals surface area contributed by atoms with Crippen molar-refractivity contribution in [3.63, 3.8) is 0 Å². The summed E-state index contributed by atoms with van der Waals surface area (Å²) < 4.78 is 5.95. The molecule has 1 fully saturated rings. The van der Waals surface area contributed by atoms with Crippen molar-refractivity contribution in [3.8, 4) is 5.75 Å². The van der Waals surface area contributed by atoms with Crippen LogP contribution in [-0.4, -0.2) is 37.5 Å². The second-order valence-corrected chi connectivity index (χ2v) is 9.08. The normalized spacial score (nSPS) is 16.7. The minimum absolute atomic E-state index is 0.0329. The van der Waals surface area contributed by atoms with Crippen LogP contribution in [0.3, 0.4) is 0 Å². The van der Waals surface area contributed by atoms with Gasteiger partial charge in [-0.15, -0.1) is 0 Å². The average molecular weight is 440 g/mol. The summed E-state index contributed by atoms with van der Waals surface area (Å²) in [6.07, 6.45) is 4.36. The van der Waals surface area contributed by atoms with Crippen molar-refractivity contribution < 1.29 is 9.53 Å². The van der Waals surface area contributed by atoms with Crippen LogP contribution >= 0.6 is 11.6 Å². The number of aliphatic imine (C=N–C) groups is 1. The number of halogens is 1. The molecule has 0 radical (unpaired) electrons. The Labute approximate surface area is 189 Å². The van der Waals surface area contributed by atoms with Gasteiger partial charge in [0.25, 0.3) is 0 Å². The first-order valence-electron chi connectivity index (χ1n) is 11.1. The van der Waals surface area contributed by atoms with Gasteiger partial charge >= 0.3 is 6.03 Å². The number of amides is 2. The fraction of sp³-hybridized carbons (Fsp3) is 0.440. The summed E-state index contributed by atoms with van der Waals surface area (Å²) in [5.74, 6) is 0.810. The maximum absolute atomic E-state index is 11.7. The quantitative estimate of drug-likeness (QED) is 0.603. The topological polar surface area (TPSA) is 62.7 Å². The van der Waals surface area contributed by atoms with E-state index in [0.29, 0.717) is 13.2 Å². The van der Waals surface area contributed by atoms with Gasteiger partial charge in [0.15, 0.2) is 0 Å². The molecule has 0 bridgehead atoms. The fourth-order valence-electron chi connectivity index (χ4n) is 4.47. The van der Waals surface area contributed by atoms with Crippen LogP contribution in [0.2, 0.25) is 5.02 Å². The standard InChI is InChI=1S/C25H30ClN3O2/c1-17(2)29-24(30)28-14-15-31-21-9-4-18-10-13-27-23(22(18)16-21)25(11-3-12-25)19-5-7-20(26)8-6-19/h4-9,16-17H,3,10-15H2,1-2H3,(H2,28,29,30). The Balaban J connectivity index is 1.49. The van der Waals surface area contributed by atoms with Crippen molar-refractivity contribution in [2.45, 2.75) is 51.0 Å². The van der Waals surface area contributed by atoms with Gasteiger partial charge in [-0.2, -0.15) is 0 Å². The molecule has 0 saturated heterocycles. The Bertz CT molecular complexity index is 965. The number of nitrogens with one attached hydrogen (secondary N) is 2. The Hall–Kier alpha value is -2.53. The molecule has 164 valence electrons. The zero-order valence-corrected chi connectivity index (χ0v) is 19.0. The van der Waals surface area contributed by atoms with Crippen molar-refractivity contribution in [2.24, 2.45) is 4.99 Å². The summed E-state index contributed by atoms with van der Waals surface area (Å²) in [5, 5.41) is 6.38. The van der Waals surface area contributed by atoms with Crippen LogP contribution in [-0.2, 0) is 11.8 Å². The summed E-state index contributed by atoms with van der Waals surface area (Å²) in [6.45, 7) is 5.56. The maximum Gasteiger partial charge on any atom is 0.315 e. The largest absolute Gasteiger partial charge is 0.492 e. The van der Waals surface area contributed by atoms with E-state index in [0.717, 1.165) is 36.6 Å². The average Bonchev–Trinajstić information content (AvgIpc) is 2.71. The molecule has 2 N–H and O–H groups in total. The van der Waals surface area contributed by atoms with E-state index in [2.05, 4.69) is 34.9 Å². The number of nitrogens with zero attached hydrogens (tertiary/aromatic N) is 1. The number of carbonyl (C=O) groups excluding carboxylic acids is 1. The molecule has 1 aliphatic heterocycles. The van der Waals surface area contributed by atoms with E-state index in [1.807, 2.05) is 32.0 Å². The second kappa shape index (κ2) is 9.31. The van der Waals surface area contributed by atoms with Crippen LogP contribution in [0.5, 0.6) is 5.75 Å². The highest BCUT2D eigenvalue weighted by molar-refractivity contribution is 6.30. The van der Waals surface area contributed by atoms with E-state index in [1.165, 1.54) is 28.8 Å². The van der Waals surface area contributed by atoms with Crippen LogP contribution in [0.1, 0.15) is 49.8 Å². The molecule has 6 heteroatoms. The van der Waals surface area contributed by atoms with Crippen LogP contribution in [0, 0.1) is 0 Å². The predicted molar refractivity (Wildman–Crippen MR) is 126 cm³/mol. The molecule has 1 aliphatic carbocycles. The molecule has 1 saturated carbocycles. The predicted octanol–water partition coefficient (Wildman–Crippen LogP) is 4.89. The number of fused-ring (bicyclic) bond motifs is 1. The molecule has 4 rings (SSSR count). The SMILES string of the molecule is CC(C)NC(=O)NCCOc1ccc2c(c1)C(C1(c3ccc(Cl)cc3)CCC1)=NCC2. The molecule has 0 spiro atoms.